The molecule has 0 aromatic carbocycles. The van der Waals surface area contributed by atoms with E-state index < -0.39 is 30.3 Å². The second kappa shape index (κ2) is 6.00. The van der Waals surface area contributed by atoms with Crippen molar-refractivity contribution in [3.8, 4) is 0 Å². The Labute approximate surface area is 87.3 Å². The normalized spacial score (nSPS) is 14.0. The van der Waals surface area contributed by atoms with E-state index in [1.165, 1.54) is 0 Å². The van der Waals surface area contributed by atoms with E-state index in [-0.39, 0.29) is 5.92 Å². The van der Waals surface area contributed by atoms with E-state index in [0.717, 1.165) is 0 Å². The van der Waals surface area contributed by atoms with Crippen LogP contribution in [-0.4, -0.2) is 34.1 Å². The fourth-order valence-corrected chi connectivity index (χ4v) is 0.874. The molecular formula is C9H15NO5. The van der Waals surface area contributed by atoms with Crippen LogP contribution in [0.2, 0.25) is 0 Å². The molecule has 0 aromatic heterocycles. The molecule has 6 nitrogen and oxygen atoms in total. The van der Waals surface area contributed by atoms with Crippen molar-refractivity contribution in [1.82, 2.24) is 5.32 Å². The maximum atomic E-state index is 11.3. The molecule has 0 radical (unpaired) electrons. The summed E-state index contributed by atoms with van der Waals surface area (Å²) in [7, 11) is 0. The number of rotatable bonds is 6. The lowest BCUT2D eigenvalue weighted by atomic mass is 10.1. The fraction of sp³-hybridized carbons (Fsp3) is 0.667. The van der Waals surface area contributed by atoms with Gasteiger partial charge in [-0.25, -0.2) is 4.79 Å². The van der Waals surface area contributed by atoms with E-state index in [2.05, 4.69) is 5.32 Å². The van der Waals surface area contributed by atoms with E-state index in [4.69, 9.17) is 10.2 Å². The number of carboxylic acids is 2. The Kier molecular flexibility index (Phi) is 5.36. The van der Waals surface area contributed by atoms with Crippen molar-refractivity contribution in [3.63, 3.8) is 0 Å². The smallest absolute Gasteiger partial charge is 0.326 e. The molecule has 1 unspecified atom stereocenters. The van der Waals surface area contributed by atoms with Gasteiger partial charge in [0, 0.05) is 5.92 Å². The number of nitrogens with one attached hydrogen (secondary N) is 1. The third-order valence-corrected chi connectivity index (χ3v) is 2.05. The number of hydrogen-bond acceptors (Lipinski definition) is 3. The van der Waals surface area contributed by atoms with Gasteiger partial charge in [0.15, 0.2) is 0 Å². The highest BCUT2D eigenvalue weighted by Crippen LogP contribution is 2.02. The lowest BCUT2D eigenvalue weighted by molar-refractivity contribution is -0.147. The molecule has 0 spiro atoms. The Morgan fingerprint density at radius 2 is 1.80 bits per heavy atom. The molecule has 1 amide bonds. The van der Waals surface area contributed by atoms with Gasteiger partial charge in [-0.05, 0) is 6.42 Å². The number of carboxylic acid groups (broad SMARTS) is 2. The number of aliphatic carboxylic acids is 2. The van der Waals surface area contributed by atoms with E-state index in [1.54, 1.807) is 13.8 Å². The van der Waals surface area contributed by atoms with E-state index in [0.29, 0.717) is 6.42 Å². The lowest BCUT2D eigenvalue weighted by Crippen LogP contribution is -2.44. The van der Waals surface area contributed by atoms with Crippen molar-refractivity contribution in [1.29, 1.82) is 0 Å². The van der Waals surface area contributed by atoms with Gasteiger partial charge in [-0.2, -0.15) is 0 Å². The lowest BCUT2D eigenvalue weighted by Gasteiger charge is -2.15. The van der Waals surface area contributed by atoms with Crippen LogP contribution >= 0.6 is 0 Å². The molecule has 0 saturated heterocycles. The molecule has 86 valence electrons. The Balaban J connectivity index is 4.35. The summed E-state index contributed by atoms with van der Waals surface area (Å²) in [5.41, 5.74) is 0. The molecule has 15 heavy (non-hydrogen) atoms. The van der Waals surface area contributed by atoms with Crippen LogP contribution in [0.25, 0.3) is 0 Å². The van der Waals surface area contributed by atoms with Crippen LogP contribution in [0.5, 0.6) is 0 Å². The first-order chi connectivity index (χ1) is 6.88. The summed E-state index contributed by atoms with van der Waals surface area (Å²) >= 11 is 0. The maximum absolute atomic E-state index is 11.3. The molecule has 0 rings (SSSR count). The first kappa shape index (κ1) is 13.4. The summed E-state index contributed by atoms with van der Waals surface area (Å²) in [5, 5.41) is 19.3. The van der Waals surface area contributed by atoms with Gasteiger partial charge in [-0.3, -0.25) is 9.59 Å². The van der Waals surface area contributed by atoms with E-state index >= 15 is 0 Å². The van der Waals surface area contributed by atoms with Gasteiger partial charge in [-0.1, -0.05) is 13.8 Å². The van der Waals surface area contributed by atoms with Gasteiger partial charge in [-0.15, -0.1) is 0 Å². The third-order valence-electron chi connectivity index (χ3n) is 2.05. The zero-order chi connectivity index (χ0) is 12.0. The van der Waals surface area contributed by atoms with Crippen LogP contribution in [0.3, 0.4) is 0 Å². The van der Waals surface area contributed by atoms with Crippen LogP contribution < -0.4 is 5.32 Å². The predicted molar refractivity (Wildman–Crippen MR) is 51.3 cm³/mol. The Morgan fingerprint density at radius 1 is 1.27 bits per heavy atom. The maximum Gasteiger partial charge on any atom is 0.326 e. The SMILES string of the molecule is CCC(C)C(=O)N[C@@H](CC(=O)O)C(=O)O. The van der Waals surface area contributed by atoms with Crippen LogP contribution in [0.1, 0.15) is 26.7 Å². The zero-order valence-corrected chi connectivity index (χ0v) is 8.69. The van der Waals surface area contributed by atoms with Crippen molar-refractivity contribution in [2.75, 3.05) is 0 Å². The molecule has 0 aliphatic heterocycles. The summed E-state index contributed by atoms with van der Waals surface area (Å²) in [4.78, 5) is 32.2. The molecule has 0 heterocycles. The van der Waals surface area contributed by atoms with Crippen molar-refractivity contribution in [2.45, 2.75) is 32.7 Å². The summed E-state index contributed by atoms with van der Waals surface area (Å²) in [5.74, 6) is -3.35. The third kappa shape index (κ3) is 4.99. The first-order valence-electron chi connectivity index (χ1n) is 4.63. The molecule has 3 N–H and O–H groups in total. The molecule has 0 aliphatic carbocycles. The Bertz CT molecular complexity index is 263. The van der Waals surface area contributed by atoms with Gasteiger partial charge in [0.2, 0.25) is 5.91 Å². The highest BCUT2D eigenvalue weighted by atomic mass is 16.4. The summed E-state index contributed by atoms with van der Waals surface area (Å²) in [6.07, 6.45) is -0.0389. The van der Waals surface area contributed by atoms with E-state index in [9.17, 15) is 14.4 Å². The first-order valence-corrected chi connectivity index (χ1v) is 4.63. The number of amides is 1. The summed E-state index contributed by atoms with van der Waals surface area (Å²) in [6.45, 7) is 3.44. The van der Waals surface area contributed by atoms with Crippen LogP contribution in [-0.2, 0) is 14.4 Å². The van der Waals surface area contributed by atoms with Gasteiger partial charge >= 0.3 is 11.9 Å². The second-order valence-electron chi connectivity index (χ2n) is 3.31. The minimum atomic E-state index is -1.36. The van der Waals surface area contributed by atoms with E-state index in [1.807, 2.05) is 0 Å². The Hall–Kier alpha value is -1.59. The molecule has 0 saturated carbocycles. The topological polar surface area (TPSA) is 104 Å². The highest BCUT2D eigenvalue weighted by Gasteiger charge is 2.24. The van der Waals surface area contributed by atoms with Crippen molar-refractivity contribution in [2.24, 2.45) is 5.92 Å². The van der Waals surface area contributed by atoms with Gasteiger partial charge in [0.25, 0.3) is 0 Å². The van der Waals surface area contributed by atoms with Gasteiger partial charge < -0.3 is 15.5 Å². The molecule has 2 atom stereocenters. The predicted octanol–water partition coefficient (Wildman–Crippen LogP) is 0.0766. The molecular weight excluding hydrogens is 202 g/mol. The van der Waals surface area contributed by atoms with Crippen LogP contribution in [0, 0.1) is 5.92 Å². The summed E-state index contributed by atoms with van der Waals surface area (Å²) < 4.78 is 0. The van der Waals surface area contributed by atoms with Gasteiger partial charge in [0.1, 0.15) is 6.04 Å². The minimum Gasteiger partial charge on any atom is -0.481 e. The Morgan fingerprint density at radius 3 is 2.13 bits per heavy atom. The highest BCUT2D eigenvalue weighted by molar-refractivity contribution is 5.87. The minimum absolute atomic E-state index is 0.319. The van der Waals surface area contributed by atoms with Gasteiger partial charge in [0.05, 0.1) is 6.42 Å². The number of carbonyl (C=O) groups excluding carboxylic acids is 1. The average molecular weight is 217 g/mol. The molecule has 0 aliphatic rings. The molecule has 0 bridgehead atoms. The fourth-order valence-electron chi connectivity index (χ4n) is 0.874. The number of hydrogen-bond donors (Lipinski definition) is 3. The average Bonchev–Trinajstić information content (AvgIpc) is 2.14. The molecule has 0 fully saturated rings. The monoisotopic (exact) mass is 217 g/mol. The van der Waals surface area contributed by atoms with Crippen LogP contribution in [0.15, 0.2) is 0 Å². The quantitative estimate of drug-likeness (QED) is 0.584. The van der Waals surface area contributed by atoms with Crippen LogP contribution in [0.4, 0.5) is 0 Å². The van der Waals surface area contributed by atoms with Crippen molar-refractivity contribution >= 4 is 17.8 Å². The molecule has 0 aromatic rings. The van der Waals surface area contributed by atoms with Crippen molar-refractivity contribution in [3.05, 3.63) is 0 Å². The number of carbonyl (C=O) groups is 3. The second-order valence-corrected chi connectivity index (χ2v) is 3.31. The zero-order valence-electron chi connectivity index (χ0n) is 8.69. The summed E-state index contributed by atoms with van der Waals surface area (Å²) in [6, 6.07) is -1.36. The molecule has 6 heteroatoms. The standard InChI is InChI=1S/C9H15NO5/c1-3-5(2)8(13)10-6(9(14)15)4-7(11)12/h5-6H,3-4H2,1-2H3,(H,10,13)(H,11,12)(H,14,15)/t5?,6-/m0/s1. The van der Waals surface area contributed by atoms with Crippen molar-refractivity contribution < 1.29 is 24.6 Å². The largest absolute Gasteiger partial charge is 0.481 e.